The van der Waals surface area contributed by atoms with Gasteiger partial charge in [-0.25, -0.2) is 18.0 Å². The van der Waals surface area contributed by atoms with E-state index >= 15 is 4.39 Å². The van der Waals surface area contributed by atoms with E-state index in [9.17, 15) is 8.60 Å². The van der Waals surface area contributed by atoms with Crippen molar-refractivity contribution in [1.29, 1.82) is 0 Å². The molecule has 0 saturated carbocycles. The lowest BCUT2D eigenvalue weighted by atomic mass is 9.96. The molecule has 0 bridgehead atoms. The number of aromatic nitrogens is 4. The van der Waals surface area contributed by atoms with Gasteiger partial charge in [0.25, 0.3) is 0 Å². The lowest BCUT2D eigenvalue weighted by Gasteiger charge is -2.10. The summed E-state index contributed by atoms with van der Waals surface area (Å²) in [5, 5.41) is 1.15. The number of hydrogen-bond acceptors (Lipinski definition) is 7. The van der Waals surface area contributed by atoms with E-state index in [0.29, 0.717) is 39.7 Å². The molecular formula is C30H23ClF2N6O2S. The van der Waals surface area contributed by atoms with E-state index in [4.69, 9.17) is 27.6 Å². The Balaban J connectivity index is 1.41. The minimum atomic E-state index is -1.62. The topological polar surface area (TPSA) is 108 Å². The number of aliphatic imine (C=N–C) groups is 1. The monoisotopic (exact) mass is 604 g/mol. The molecule has 1 unspecified atom stereocenters. The zero-order chi connectivity index (χ0) is 29.8. The van der Waals surface area contributed by atoms with E-state index in [1.807, 2.05) is 4.57 Å². The Bertz CT molecular complexity index is 2040. The van der Waals surface area contributed by atoms with Gasteiger partial charge in [0.2, 0.25) is 0 Å². The van der Waals surface area contributed by atoms with Crippen LogP contribution in [0.3, 0.4) is 0 Å². The van der Waals surface area contributed by atoms with Crippen LogP contribution in [-0.2, 0) is 23.0 Å². The normalized spacial score (nSPS) is 13.2. The molecule has 5 rings (SSSR count). The highest BCUT2D eigenvalue weighted by atomic mass is 35.7. The SMILES string of the molecule is C#Cc1c(F)ccc2cccc(C/C(F)=c3/nc(OCCCn4cnc5cc(S(=O)Cl)ccc54)nc(N)/c3=C/N=C)c12. The van der Waals surface area contributed by atoms with Gasteiger partial charge in [0, 0.05) is 24.6 Å². The number of hydrogen-bond donors (Lipinski definition) is 1. The average molecular weight is 605 g/mol. The van der Waals surface area contributed by atoms with Crippen LogP contribution in [-0.4, -0.2) is 37.1 Å². The Morgan fingerprint density at radius 2 is 2.10 bits per heavy atom. The number of ether oxygens (including phenoxy) is 1. The number of anilines is 1. The summed E-state index contributed by atoms with van der Waals surface area (Å²) in [7, 11) is 4.05. The zero-order valence-corrected chi connectivity index (χ0v) is 23.6. The van der Waals surface area contributed by atoms with Gasteiger partial charge >= 0.3 is 6.01 Å². The van der Waals surface area contributed by atoms with Crippen molar-refractivity contribution in [1.82, 2.24) is 19.5 Å². The average Bonchev–Trinajstić information content (AvgIpc) is 3.39. The van der Waals surface area contributed by atoms with E-state index in [2.05, 4.69) is 32.6 Å². The zero-order valence-electron chi connectivity index (χ0n) is 22.1. The second-order valence-electron chi connectivity index (χ2n) is 9.14. The number of rotatable bonds is 9. The summed E-state index contributed by atoms with van der Waals surface area (Å²) in [6, 6.07) is 13.1. The van der Waals surface area contributed by atoms with Crippen LogP contribution in [0.2, 0.25) is 0 Å². The van der Waals surface area contributed by atoms with Crippen molar-refractivity contribution in [3.8, 4) is 18.4 Å². The maximum absolute atomic E-state index is 15.9. The number of fused-ring (bicyclic) bond motifs is 2. The van der Waals surface area contributed by atoms with Crippen LogP contribution in [0.1, 0.15) is 17.5 Å². The van der Waals surface area contributed by atoms with Gasteiger partial charge < -0.3 is 15.0 Å². The first kappa shape index (κ1) is 28.9. The van der Waals surface area contributed by atoms with Crippen LogP contribution in [0.4, 0.5) is 14.6 Å². The largest absolute Gasteiger partial charge is 0.463 e. The van der Waals surface area contributed by atoms with Gasteiger partial charge in [-0.2, -0.15) is 9.97 Å². The Kier molecular flexibility index (Phi) is 8.56. The summed E-state index contributed by atoms with van der Waals surface area (Å²) in [4.78, 5) is 17.0. The molecule has 2 aromatic heterocycles. The van der Waals surface area contributed by atoms with E-state index in [1.54, 1.807) is 48.8 Å². The summed E-state index contributed by atoms with van der Waals surface area (Å²) < 4.78 is 49.5. The van der Waals surface area contributed by atoms with Gasteiger partial charge in [-0.3, -0.25) is 4.99 Å². The summed E-state index contributed by atoms with van der Waals surface area (Å²) in [6.45, 7) is 4.17. The van der Waals surface area contributed by atoms with Crippen LogP contribution in [0.5, 0.6) is 6.01 Å². The van der Waals surface area contributed by atoms with E-state index < -0.39 is 21.7 Å². The van der Waals surface area contributed by atoms with Gasteiger partial charge in [0.05, 0.1) is 39.6 Å². The maximum atomic E-state index is 15.9. The van der Waals surface area contributed by atoms with Crippen molar-refractivity contribution < 1.29 is 17.7 Å². The third-order valence-corrected chi connectivity index (χ3v) is 7.71. The predicted molar refractivity (Wildman–Crippen MR) is 162 cm³/mol. The lowest BCUT2D eigenvalue weighted by Crippen LogP contribution is -2.34. The summed E-state index contributed by atoms with van der Waals surface area (Å²) >= 11 is 0. The molecule has 1 atom stereocenters. The second kappa shape index (κ2) is 12.5. The second-order valence-corrected chi connectivity index (χ2v) is 10.9. The standard InChI is InChI=1S/C30H23ClF2N6O2S/c1-3-21-23(32)10-8-18-6-4-7-19(27(18)21)14-24(33)28-22(16-35-2)29(34)38-30(37-28)41-13-5-12-39-17-36-25-15-20(42(31)40)9-11-26(25)39/h1,4,6-11,15-17H,2,5,12-14H2,(H2,34,37,38)/b22-16+,28-24-. The molecule has 0 aliphatic heterocycles. The van der Waals surface area contributed by atoms with E-state index in [-0.39, 0.29) is 41.0 Å². The van der Waals surface area contributed by atoms with Crippen LogP contribution < -0.4 is 21.0 Å². The van der Waals surface area contributed by atoms with Crippen LogP contribution in [0.15, 0.2) is 64.7 Å². The molecule has 8 nitrogen and oxygen atoms in total. The third kappa shape index (κ3) is 5.86. The highest BCUT2D eigenvalue weighted by Gasteiger charge is 2.14. The van der Waals surface area contributed by atoms with Gasteiger partial charge in [-0.15, -0.1) is 6.42 Å². The maximum Gasteiger partial charge on any atom is 0.319 e. The fraction of sp³-hybridized carbons (Fsp3) is 0.133. The molecule has 5 aromatic rings. The Morgan fingerprint density at radius 1 is 1.26 bits per heavy atom. The Labute approximate surface area is 246 Å². The molecule has 212 valence electrons. The number of nitrogens with zero attached hydrogens (tertiary/aromatic N) is 5. The highest BCUT2D eigenvalue weighted by molar-refractivity contribution is 8.08. The molecule has 0 fully saturated rings. The van der Waals surface area contributed by atoms with Crippen molar-refractivity contribution in [2.75, 3.05) is 12.3 Å². The van der Waals surface area contributed by atoms with Crippen molar-refractivity contribution in [2.24, 2.45) is 4.99 Å². The number of benzene rings is 3. The number of terminal acetylenes is 1. The Morgan fingerprint density at radius 3 is 2.86 bits per heavy atom. The number of nitrogens with two attached hydrogens (primary N) is 1. The first-order valence-electron chi connectivity index (χ1n) is 12.6. The van der Waals surface area contributed by atoms with E-state index in [1.165, 1.54) is 12.3 Å². The third-order valence-electron chi connectivity index (χ3n) is 6.56. The van der Waals surface area contributed by atoms with Crippen molar-refractivity contribution in [2.45, 2.75) is 24.3 Å². The molecular weight excluding hydrogens is 582 g/mol. The van der Waals surface area contributed by atoms with Gasteiger partial charge in [-0.1, -0.05) is 30.2 Å². The smallest absolute Gasteiger partial charge is 0.319 e. The van der Waals surface area contributed by atoms with Gasteiger partial charge in [0.1, 0.15) is 32.8 Å². The van der Waals surface area contributed by atoms with Gasteiger partial charge in [0.15, 0.2) is 0 Å². The van der Waals surface area contributed by atoms with Crippen molar-refractivity contribution in [3.05, 3.63) is 82.4 Å². The fourth-order valence-corrected chi connectivity index (χ4v) is 5.31. The predicted octanol–water partition coefficient (Wildman–Crippen LogP) is 4.17. The molecule has 2 heterocycles. The molecule has 2 N–H and O–H groups in total. The highest BCUT2D eigenvalue weighted by Crippen LogP contribution is 2.27. The molecule has 0 aliphatic rings. The molecule has 0 amide bonds. The number of halogens is 3. The lowest BCUT2D eigenvalue weighted by molar-refractivity contribution is 0.279. The fourth-order valence-electron chi connectivity index (χ4n) is 4.64. The first-order chi connectivity index (χ1) is 20.3. The minimum Gasteiger partial charge on any atom is -0.463 e. The molecule has 3 aromatic carbocycles. The van der Waals surface area contributed by atoms with Crippen LogP contribution in [0.25, 0.3) is 33.8 Å². The molecule has 42 heavy (non-hydrogen) atoms. The molecule has 0 aliphatic carbocycles. The van der Waals surface area contributed by atoms with E-state index in [0.717, 1.165) is 5.52 Å². The Hall–Kier alpha value is -4.66. The first-order valence-corrected chi connectivity index (χ1v) is 14.6. The van der Waals surface area contributed by atoms with Crippen LogP contribution >= 0.6 is 10.7 Å². The molecule has 0 spiro atoms. The van der Waals surface area contributed by atoms with Gasteiger partial charge in [-0.05, 0) is 59.0 Å². The van der Waals surface area contributed by atoms with Crippen molar-refractivity contribution >= 4 is 67.1 Å². The summed E-state index contributed by atoms with van der Waals surface area (Å²) in [5.41, 5.74) is 8.17. The number of nitrogen functional groups attached to an aromatic ring is 1. The molecule has 0 radical (unpaired) electrons. The number of aryl methyl sites for hydroxylation is 1. The summed E-state index contributed by atoms with van der Waals surface area (Å²) in [6.07, 6.45) is 8.80. The molecule has 0 saturated heterocycles. The number of imidazole rings is 1. The van der Waals surface area contributed by atoms with Crippen LogP contribution in [0, 0.1) is 18.2 Å². The summed E-state index contributed by atoms with van der Waals surface area (Å²) in [5.74, 6) is 1.10. The minimum absolute atomic E-state index is 0.0427. The quantitative estimate of drug-likeness (QED) is 0.117. The molecule has 12 heteroatoms. The van der Waals surface area contributed by atoms with Crippen molar-refractivity contribution in [3.63, 3.8) is 0 Å².